The highest BCUT2D eigenvalue weighted by Crippen LogP contribution is 2.30. The molecule has 1 saturated heterocycles. The summed E-state index contributed by atoms with van der Waals surface area (Å²) in [6, 6.07) is 3.09. The maximum atomic E-state index is 12.2. The van der Waals surface area contributed by atoms with Crippen molar-refractivity contribution in [2.24, 2.45) is 5.92 Å². The molecule has 110 valence electrons. The van der Waals surface area contributed by atoms with E-state index in [0.717, 1.165) is 19.5 Å². The zero-order valence-electron chi connectivity index (χ0n) is 11.3. The topological polar surface area (TPSA) is 50.4 Å². The lowest BCUT2D eigenvalue weighted by Gasteiger charge is -2.12. The van der Waals surface area contributed by atoms with E-state index in [1.165, 1.54) is 19.6 Å². The van der Waals surface area contributed by atoms with E-state index in [4.69, 9.17) is 27.9 Å². The molecule has 1 unspecified atom stereocenters. The minimum atomic E-state index is -0.189. The maximum absolute atomic E-state index is 12.2. The summed E-state index contributed by atoms with van der Waals surface area (Å²) in [5, 5.41) is 6.93. The first kappa shape index (κ1) is 15.4. The van der Waals surface area contributed by atoms with Crippen molar-refractivity contribution in [2.45, 2.75) is 12.8 Å². The highest BCUT2D eigenvalue weighted by atomic mass is 35.5. The van der Waals surface area contributed by atoms with Gasteiger partial charge in [0.1, 0.15) is 5.75 Å². The van der Waals surface area contributed by atoms with Gasteiger partial charge in [-0.15, -0.1) is 0 Å². The van der Waals surface area contributed by atoms with E-state index in [-0.39, 0.29) is 5.91 Å². The number of rotatable bonds is 5. The molecule has 1 amide bonds. The van der Waals surface area contributed by atoms with Crippen LogP contribution >= 0.6 is 23.2 Å². The molecule has 0 aliphatic carbocycles. The average molecular weight is 317 g/mol. The molecule has 20 heavy (non-hydrogen) atoms. The van der Waals surface area contributed by atoms with Crippen molar-refractivity contribution in [3.05, 3.63) is 27.7 Å². The fourth-order valence-corrected chi connectivity index (χ4v) is 2.64. The van der Waals surface area contributed by atoms with Gasteiger partial charge in [0.15, 0.2) is 0 Å². The van der Waals surface area contributed by atoms with Gasteiger partial charge in [0.25, 0.3) is 5.91 Å². The Kier molecular flexibility index (Phi) is 5.52. The van der Waals surface area contributed by atoms with Gasteiger partial charge in [-0.2, -0.15) is 0 Å². The van der Waals surface area contributed by atoms with E-state index in [1.54, 1.807) is 6.07 Å². The Labute approximate surface area is 128 Å². The summed E-state index contributed by atoms with van der Waals surface area (Å²) in [4.78, 5) is 12.2. The molecule has 0 saturated carbocycles. The van der Waals surface area contributed by atoms with Crippen molar-refractivity contribution in [2.75, 3.05) is 26.7 Å². The summed E-state index contributed by atoms with van der Waals surface area (Å²) in [5.74, 6) is 0.886. The van der Waals surface area contributed by atoms with Crippen molar-refractivity contribution >= 4 is 29.1 Å². The van der Waals surface area contributed by atoms with Crippen molar-refractivity contribution in [3.8, 4) is 5.75 Å². The zero-order chi connectivity index (χ0) is 14.5. The van der Waals surface area contributed by atoms with Gasteiger partial charge in [-0.05, 0) is 37.9 Å². The second kappa shape index (κ2) is 7.16. The molecule has 0 radical (unpaired) electrons. The molecule has 0 bridgehead atoms. The number of carbonyl (C=O) groups is 1. The molecule has 1 aliphatic rings. The molecule has 1 aromatic carbocycles. The van der Waals surface area contributed by atoms with Gasteiger partial charge < -0.3 is 15.4 Å². The summed E-state index contributed by atoms with van der Waals surface area (Å²) >= 11 is 11.9. The number of hydrogen-bond donors (Lipinski definition) is 2. The van der Waals surface area contributed by atoms with Crippen LogP contribution in [0.15, 0.2) is 12.1 Å². The Morgan fingerprint density at radius 1 is 1.45 bits per heavy atom. The zero-order valence-corrected chi connectivity index (χ0v) is 12.9. The first-order chi connectivity index (χ1) is 9.61. The number of carbonyl (C=O) groups excluding carboxylic acids is 1. The predicted molar refractivity (Wildman–Crippen MR) is 80.9 cm³/mol. The third-order valence-corrected chi connectivity index (χ3v) is 4.21. The number of halogens is 2. The molecule has 1 fully saturated rings. The Balaban J connectivity index is 1.95. The molecule has 1 aliphatic heterocycles. The summed E-state index contributed by atoms with van der Waals surface area (Å²) in [6.07, 6.45) is 2.15. The lowest BCUT2D eigenvalue weighted by atomic mass is 10.1. The number of ether oxygens (including phenoxy) is 1. The standard InChI is InChI=1S/C14H18Cl2N2O2/c1-20-13-7-12(16)11(15)6-10(13)14(19)18-5-3-9-2-4-17-8-9/h6-7,9,17H,2-5,8H2,1H3,(H,18,19). The summed E-state index contributed by atoms with van der Waals surface area (Å²) in [6.45, 7) is 2.75. The van der Waals surface area contributed by atoms with E-state index in [9.17, 15) is 4.79 Å². The molecule has 4 nitrogen and oxygen atoms in total. The van der Waals surface area contributed by atoms with Crippen LogP contribution in [0.1, 0.15) is 23.2 Å². The van der Waals surface area contributed by atoms with Crippen LogP contribution in [0.2, 0.25) is 10.0 Å². The Hall–Kier alpha value is -0.970. The normalized spacial score (nSPS) is 18.1. The van der Waals surface area contributed by atoms with Gasteiger partial charge in [0.05, 0.1) is 22.7 Å². The predicted octanol–water partition coefficient (Wildman–Crippen LogP) is 2.73. The van der Waals surface area contributed by atoms with E-state index < -0.39 is 0 Å². The molecule has 0 aromatic heterocycles. The first-order valence-corrected chi connectivity index (χ1v) is 7.39. The van der Waals surface area contributed by atoms with Crippen LogP contribution in [0, 0.1) is 5.92 Å². The van der Waals surface area contributed by atoms with Crippen molar-refractivity contribution < 1.29 is 9.53 Å². The van der Waals surface area contributed by atoms with Crippen molar-refractivity contribution in [1.82, 2.24) is 10.6 Å². The number of benzene rings is 1. The van der Waals surface area contributed by atoms with E-state index >= 15 is 0 Å². The van der Waals surface area contributed by atoms with E-state index in [0.29, 0.717) is 33.8 Å². The third kappa shape index (κ3) is 3.78. The first-order valence-electron chi connectivity index (χ1n) is 6.63. The van der Waals surface area contributed by atoms with E-state index in [1.807, 2.05) is 0 Å². The van der Waals surface area contributed by atoms with Gasteiger partial charge in [-0.1, -0.05) is 23.2 Å². The number of methoxy groups -OCH3 is 1. The highest BCUT2D eigenvalue weighted by Gasteiger charge is 2.17. The second-order valence-corrected chi connectivity index (χ2v) is 5.68. The largest absolute Gasteiger partial charge is 0.496 e. The van der Waals surface area contributed by atoms with Crippen molar-refractivity contribution in [1.29, 1.82) is 0 Å². The van der Waals surface area contributed by atoms with Crippen molar-refractivity contribution in [3.63, 3.8) is 0 Å². The Morgan fingerprint density at radius 3 is 2.85 bits per heavy atom. The monoisotopic (exact) mass is 316 g/mol. The minimum Gasteiger partial charge on any atom is -0.496 e. The molecule has 6 heteroatoms. The number of amides is 1. The maximum Gasteiger partial charge on any atom is 0.255 e. The van der Waals surface area contributed by atoms with E-state index in [2.05, 4.69) is 10.6 Å². The summed E-state index contributed by atoms with van der Waals surface area (Å²) in [5.41, 5.74) is 0.409. The number of hydrogen-bond acceptors (Lipinski definition) is 3. The quantitative estimate of drug-likeness (QED) is 0.878. The minimum absolute atomic E-state index is 0.189. The Morgan fingerprint density at radius 2 is 2.20 bits per heavy atom. The molecule has 0 spiro atoms. The van der Waals surface area contributed by atoms with Gasteiger partial charge >= 0.3 is 0 Å². The lowest BCUT2D eigenvalue weighted by molar-refractivity contribution is 0.0948. The Bertz CT molecular complexity index is 488. The van der Waals surface area contributed by atoms with Crippen LogP contribution in [0.25, 0.3) is 0 Å². The van der Waals surface area contributed by atoms with Crippen LogP contribution in [0.3, 0.4) is 0 Å². The molecule has 2 rings (SSSR count). The number of nitrogens with one attached hydrogen (secondary N) is 2. The SMILES string of the molecule is COc1cc(Cl)c(Cl)cc1C(=O)NCCC1CCNC1. The van der Waals surface area contributed by atoms with Crippen LogP contribution in [-0.2, 0) is 0 Å². The van der Waals surface area contributed by atoms with Gasteiger partial charge in [0.2, 0.25) is 0 Å². The molecular weight excluding hydrogens is 299 g/mol. The van der Waals surface area contributed by atoms with Gasteiger partial charge in [-0.25, -0.2) is 0 Å². The molecule has 1 aromatic rings. The fourth-order valence-electron chi connectivity index (χ4n) is 2.32. The molecule has 2 N–H and O–H groups in total. The smallest absolute Gasteiger partial charge is 0.255 e. The average Bonchev–Trinajstić information content (AvgIpc) is 2.94. The summed E-state index contributed by atoms with van der Waals surface area (Å²) in [7, 11) is 1.50. The molecular formula is C14H18Cl2N2O2. The van der Waals surface area contributed by atoms with Crippen LogP contribution in [0.4, 0.5) is 0 Å². The lowest BCUT2D eigenvalue weighted by Crippen LogP contribution is -2.26. The van der Waals surface area contributed by atoms with Crippen LogP contribution in [0.5, 0.6) is 5.75 Å². The highest BCUT2D eigenvalue weighted by molar-refractivity contribution is 6.42. The molecule has 1 atom stereocenters. The summed E-state index contributed by atoms with van der Waals surface area (Å²) < 4.78 is 5.17. The van der Waals surface area contributed by atoms with Gasteiger partial charge in [-0.3, -0.25) is 4.79 Å². The van der Waals surface area contributed by atoms with Crippen LogP contribution in [-0.4, -0.2) is 32.7 Å². The third-order valence-electron chi connectivity index (χ3n) is 3.49. The van der Waals surface area contributed by atoms with Gasteiger partial charge in [0, 0.05) is 12.6 Å². The van der Waals surface area contributed by atoms with Crippen LogP contribution < -0.4 is 15.4 Å². The second-order valence-electron chi connectivity index (χ2n) is 4.87. The fraction of sp³-hybridized carbons (Fsp3) is 0.500. The molecule has 1 heterocycles.